The van der Waals surface area contributed by atoms with Crippen LogP contribution in [-0.4, -0.2) is 53.4 Å². The summed E-state index contributed by atoms with van der Waals surface area (Å²) in [4.78, 5) is 0. The minimum absolute atomic E-state index is 0.270. The molecule has 14 heavy (non-hydrogen) atoms. The standard InChI is InChI=1S/C9H21NO4/c1-2-3-4-14-9(7(10)5-11)8(13)6-12/h7-9,11-13H,2-6,10H2,1H3/t7-,8-,9-/m0/s1. The maximum atomic E-state index is 9.35. The zero-order valence-corrected chi connectivity index (χ0v) is 8.59. The smallest absolute Gasteiger partial charge is 0.105 e. The number of ether oxygens (including phenoxy) is 1. The number of unbranched alkanes of at least 4 members (excludes halogenated alkanes) is 1. The zero-order valence-electron chi connectivity index (χ0n) is 8.59. The molecule has 86 valence electrons. The Kier molecular flexibility index (Phi) is 8.02. The molecule has 0 amide bonds. The third-order valence-electron chi connectivity index (χ3n) is 2.01. The van der Waals surface area contributed by atoms with Gasteiger partial charge >= 0.3 is 0 Å². The van der Waals surface area contributed by atoms with E-state index < -0.39 is 24.9 Å². The average molecular weight is 207 g/mol. The Balaban J connectivity index is 3.97. The highest BCUT2D eigenvalue weighted by Crippen LogP contribution is 2.05. The van der Waals surface area contributed by atoms with Crippen LogP contribution in [0.5, 0.6) is 0 Å². The van der Waals surface area contributed by atoms with E-state index >= 15 is 0 Å². The minimum atomic E-state index is -1.03. The lowest BCUT2D eigenvalue weighted by Gasteiger charge is -2.26. The molecule has 5 heteroatoms. The van der Waals surface area contributed by atoms with E-state index in [9.17, 15) is 5.11 Å². The van der Waals surface area contributed by atoms with E-state index in [1.165, 1.54) is 0 Å². The van der Waals surface area contributed by atoms with Crippen LogP contribution in [0.25, 0.3) is 0 Å². The van der Waals surface area contributed by atoms with E-state index in [-0.39, 0.29) is 6.61 Å². The fraction of sp³-hybridized carbons (Fsp3) is 1.00. The fourth-order valence-corrected chi connectivity index (χ4v) is 1.09. The van der Waals surface area contributed by atoms with Crippen LogP contribution in [0.1, 0.15) is 19.8 Å². The second kappa shape index (κ2) is 8.14. The molecule has 0 aromatic heterocycles. The predicted octanol–water partition coefficient (Wildman–Crippen LogP) is -1.16. The minimum Gasteiger partial charge on any atom is -0.395 e. The van der Waals surface area contributed by atoms with Crippen LogP contribution in [0.15, 0.2) is 0 Å². The Hall–Kier alpha value is -0.200. The van der Waals surface area contributed by atoms with Gasteiger partial charge in [0.25, 0.3) is 0 Å². The molecule has 0 spiro atoms. The molecular weight excluding hydrogens is 186 g/mol. The molecule has 0 fully saturated rings. The van der Waals surface area contributed by atoms with Crippen LogP contribution in [0.2, 0.25) is 0 Å². The number of nitrogens with two attached hydrogens (primary N) is 1. The summed E-state index contributed by atoms with van der Waals surface area (Å²) in [5.41, 5.74) is 5.53. The maximum Gasteiger partial charge on any atom is 0.105 e. The van der Waals surface area contributed by atoms with Crippen molar-refractivity contribution in [1.82, 2.24) is 0 Å². The number of aliphatic hydroxyl groups is 3. The molecule has 0 aromatic rings. The van der Waals surface area contributed by atoms with Gasteiger partial charge in [-0.15, -0.1) is 0 Å². The first-order valence-electron chi connectivity index (χ1n) is 4.94. The first-order valence-corrected chi connectivity index (χ1v) is 4.94. The van der Waals surface area contributed by atoms with Crippen LogP contribution in [0.4, 0.5) is 0 Å². The maximum absolute atomic E-state index is 9.35. The summed E-state index contributed by atoms with van der Waals surface area (Å²) in [6.45, 7) is 1.82. The molecular formula is C9H21NO4. The highest BCUT2D eigenvalue weighted by Gasteiger charge is 2.25. The first-order chi connectivity index (χ1) is 6.67. The van der Waals surface area contributed by atoms with Crippen molar-refractivity contribution in [2.45, 2.75) is 38.0 Å². The first kappa shape index (κ1) is 13.8. The van der Waals surface area contributed by atoms with Gasteiger partial charge < -0.3 is 25.8 Å². The lowest BCUT2D eigenvalue weighted by atomic mass is 10.1. The Morgan fingerprint density at radius 1 is 1.29 bits per heavy atom. The summed E-state index contributed by atoms with van der Waals surface area (Å²) in [6.07, 6.45) is 0.119. The van der Waals surface area contributed by atoms with Crippen molar-refractivity contribution in [2.75, 3.05) is 19.8 Å². The predicted molar refractivity (Wildman–Crippen MR) is 52.8 cm³/mol. The highest BCUT2D eigenvalue weighted by atomic mass is 16.5. The van der Waals surface area contributed by atoms with Crippen molar-refractivity contribution < 1.29 is 20.1 Å². The largest absolute Gasteiger partial charge is 0.395 e. The third kappa shape index (κ3) is 4.88. The van der Waals surface area contributed by atoms with Crippen molar-refractivity contribution >= 4 is 0 Å². The van der Waals surface area contributed by atoms with Gasteiger partial charge in [0.05, 0.1) is 19.3 Å². The van der Waals surface area contributed by atoms with Crippen molar-refractivity contribution in [3.05, 3.63) is 0 Å². The van der Waals surface area contributed by atoms with Crippen LogP contribution in [0, 0.1) is 0 Å². The monoisotopic (exact) mass is 207 g/mol. The molecule has 0 aromatic carbocycles. The van der Waals surface area contributed by atoms with Crippen LogP contribution < -0.4 is 5.73 Å². The van der Waals surface area contributed by atoms with Gasteiger partial charge in [-0.05, 0) is 6.42 Å². The lowest BCUT2D eigenvalue weighted by molar-refractivity contribution is -0.0758. The van der Waals surface area contributed by atoms with Gasteiger partial charge in [0.15, 0.2) is 0 Å². The quantitative estimate of drug-likeness (QED) is 0.377. The van der Waals surface area contributed by atoms with Crippen LogP contribution in [0.3, 0.4) is 0 Å². The van der Waals surface area contributed by atoms with E-state index in [1.54, 1.807) is 0 Å². The highest BCUT2D eigenvalue weighted by molar-refractivity contribution is 4.79. The van der Waals surface area contributed by atoms with Crippen molar-refractivity contribution in [1.29, 1.82) is 0 Å². The molecule has 3 atom stereocenters. The molecule has 0 bridgehead atoms. The summed E-state index contributed by atoms with van der Waals surface area (Å²) in [5, 5.41) is 26.9. The van der Waals surface area contributed by atoms with Crippen molar-refractivity contribution in [3.8, 4) is 0 Å². The summed E-state index contributed by atoms with van der Waals surface area (Å²) in [7, 11) is 0. The van der Waals surface area contributed by atoms with Gasteiger partial charge in [-0.3, -0.25) is 0 Å². The van der Waals surface area contributed by atoms with Gasteiger partial charge in [-0.2, -0.15) is 0 Å². The van der Waals surface area contributed by atoms with E-state index in [0.717, 1.165) is 12.8 Å². The van der Waals surface area contributed by atoms with Gasteiger partial charge in [-0.1, -0.05) is 13.3 Å². The van der Waals surface area contributed by atoms with E-state index in [4.69, 9.17) is 20.7 Å². The van der Waals surface area contributed by atoms with E-state index in [0.29, 0.717) is 6.61 Å². The molecule has 0 heterocycles. The Morgan fingerprint density at radius 2 is 1.93 bits per heavy atom. The summed E-state index contributed by atoms with van der Waals surface area (Å²) in [6, 6.07) is -0.658. The number of hydrogen-bond donors (Lipinski definition) is 4. The Bertz CT molecular complexity index is 124. The van der Waals surface area contributed by atoms with E-state index in [1.807, 2.05) is 6.92 Å². The molecule has 0 unspecified atom stereocenters. The molecule has 0 saturated heterocycles. The van der Waals surface area contributed by atoms with Gasteiger partial charge in [0.1, 0.15) is 12.2 Å². The second-order valence-electron chi connectivity index (χ2n) is 3.29. The molecule has 0 rings (SSSR count). The van der Waals surface area contributed by atoms with Crippen molar-refractivity contribution in [3.63, 3.8) is 0 Å². The third-order valence-corrected chi connectivity index (χ3v) is 2.01. The second-order valence-corrected chi connectivity index (χ2v) is 3.29. The Labute approximate surface area is 84.5 Å². The molecule has 0 aliphatic carbocycles. The fourth-order valence-electron chi connectivity index (χ4n) is 1.09. The molecule has 0 aliphatic rings. The number of rotatable bonds is 8. The molecule has 0 saturated carbocycles. The molecule has 5 N–H and O–H groups in total. The lowest BCUT2D eigenvalue weighted by Crippen LogP contribution is -2.48. The Morgan fingerprint density at radius 3 is 2.36 bits per heavy atom. The van der Waals surface area contributed by atoms with Gasteiger partial charge in [0, 0.05) is 6.61 Å². The zero-order chi connectivity index (χ0) is 11.0. The van der Waals surface area contributed by atoms with E-state index in [2.05, 4.69) is 0 Å². The topological polar surface area (TPSA) is 95.9 Å². The normalized spacial score (nSPS) is 17.8. The molecule has 0 aliphatic heterocycles. The van der Waals surface area contributed by atoms with Gasteiger partial charge in [0.2, 0.25) is 0 Å². The summed E-state index contributed by atoms with van der Waals surface area (Å²) >= 11 is 0. The summed E-state index contributed by atoms with van der Waals surface area (Å²) < 4.78 is 5.29. The average Bonchev–Trinajstić information content (AvgIpc) is 2.22. The molecule has 5 nitrogen and oxygen atoms in total. The number of aliphatic hydroxyl groups excluding tert-OH is 3. The van der Waals surface area contributed by atoms with Crippen LogP contribution in [-0.2, 0) is 4.74 Å². The SMILES string of the molecule is CCCCO[C@@H]([C@@H](N)CO)[C@@H](O)CO. The number of hydrogen-bond acceptors (Lipinski definition) is 5. The van der Waals surface area contributed by atoms with Crippen LogP contribution >= 0.6 is 0 Å². The summed E-state index contributed by atoms with van der Waals surface area (Å²) in [5.74, 6) is 0. The van der Waals surface area contributed by atoms with Gasteiger partial charge in [-0.25, -0.2) is 0 Å². The van der Waals surface area contributed by atoms with Crippen molar-refractivity contribution in [2.24, 2.45) is 5.73 Å². The molecule has 0 radical (unpaired) electrons.